The lowest BCUT2D eigenvalue weighted by atomic mass is 9.98. The van der Waals surface area contributed by atoms with Crippen molar-refractivity contribution in [3.05, 3.63) is 110 Å². The van der Waals surface area contributed by atoms with E-state index in [0.717, 1.165) is 23.1 Å². The first kappa shape index (κ1) is 21.6. The fourth-order valence-corrected chi connectivity index (χ4v) is 4.82. The number of nitrogens with zero attached hydrogens (tertiary/aromatic N) is 3. The lowest BCUT2D eigenvalue weighted by Gasteiger charge is -2.31. The van der Waals surface area contributed by atoms with Gasteiger partial charge in [0.2, 0.25) is 0 Å². The molecule has 0 spiro atoms. The van der Waals surface area contributed by atoms with Gasteiger partial charge in [0.15, 0.2) is 0 Å². The Bertz CT molecular complexity index is 1350. The molecule has 0 unspecified atom stereocenters. The van der Waals surface area contributed by atoms with Gasteiger partial charge in [0.1, 0.15) is 5.70 Å². The van der Waals surface area contributed by atoms with E-state index in [1.54, 1.807) is 12.1 Å². The molecule has 0 bridgehead atoms. The zero-order valence-electron chi connectivity index (χ0n) is 18.9. The van der Waals surface area contributed by atoms with E-state index in [2.05, 4.69) is 6.07 Å². The number of hydrogen-bond donors (Lipinski definition) is 0. The molecule has 3 aromatic rings. The molecule has 34 heavy (non-hydrogen) atoms. The lowest BCUT2D eigenvalue weighted by Crippen LogP contribution is -2.37. The summed E-state index contributed by atoms with van der Waals surface area (Å²) in [7, 11) is 0. The summed E-state index contributed by atoms with van der Waals surface area (Å²) in [5.41, 5.74) is 5.82. The Labute approximate surface area is 197 Å². The average Bonchev–Trinajstić information content (AvgIpc) is 3.08. The van der Waals surface area contributed by atoms with E-state index in [0.29, 0.717) is 30.0 Å². The van der Waals surface area contributed by atoms with Crippen molar-refractivity contribution in [1.29, 1.82) is 0 Å². The van der Waals surface area contributed by atoms with Crippen LogP contribution in [0.15, 0.2) is 72.4 Å². The van der Waals surface area contributed by atoms with Gasteiger partial charge in [0, 0.05) is 25.2 Å². The highest BCUT2D eigenvalue weighted by molar-refractivity contribution is 6.45. The molecular formula is C27H23N3O4. The number of carbonyl (C=O) groups is 2. The molecule has 7 heteroatoms. The Morgan fingerprint density at radius 1 is 0.853 bits per heavy atom. The second-order valence-electron chi connectivity index (χ2n) is 8.76. The largest absolute Gasteiger partial charge is 0.362 e. The lowest BCUT2D eigenvalue weighted by molar-refractivity contribution is -0.384. The number of nitro benzene ring substituents is 1. The normalized spacial score (nSPS) is 15.7. The third-order valence-corrected chi connectivity index (χ3v) is 6.34. The molecule has 0 saturated heterocycles. The van der Waals surface area contributed by atoms with Crippen LogP contribution >= 0.6 is 0 Å². The SMILES string of the molecule is Cc1cc(C)cc(N2C(=O)C(c3ccc([N+](=O)[O-])cc3)=C(N3CCc4ccccc4C3)C2=O)c1. The van der Waals surface area contributed by atoms with E-state index >= 15 is 0 Å². The first-order valence-electron chi connectivity index (χ1n) is 11.1. The number of imide groups is 1. The van der Waals surface area contributed by atoms with Gasteiger partial charge < -0.3 is 4.90 Å². The molecule has 0 radical (unpaired) electrons. The van der Waals surface area contributed by atoms with Crippen molar-refractivity contribution in [2.45, 2.75) is 26.8 Å². The molecule has 2 aliphatic rings. The molecule has 5 rings (SSSR count). The molecule has 0 N–H and O–H groups in total. The number of carbonyl (C=O) groups excluding carboxylic acids is 2. The van der Waals surface area contributed by atoms with Crippen LogP contribution in [0.3, 0.4) is 0 Å². The zero-order chi connectivity index (χ0) is 24.0. The van der Waals surface area contributed by atoms with Crippen LogP contribution in [0.5, 0.6) is 0 Å². The molecule has 7 nitrogen and oxygen atoms in total. The highest BCUT2D eigenvalue weighted by Gasteiger charge is 2.43. The van der Waals surface area contributed by atoms with Gasteiger partial charge in [-0.15, -0.1) is 0 Å². The summed E-state index contributed by atoms with van der Waals surface area (Å²) in [6.07, 6.45) is 0.762. The summed E-state index contributed by atoms with van der Waals surface area (Å²) >= 11 is 0. The molecule has 3 aromatic carbocycles. The van der Waals surface area contributed by atoms with Gasteiger partial charge in [-0.1, -0.05) is 30.3 Å². The van der Waals surface area contributed by atoms with Gasteiger partial charge in [0.25, 0.3) is 17.5 Å². The van der Waals surface area contributed by atoms with Crippen molar-refractivity contribution in [2.75, 3.05) is 11.4 Å². The number of fused-ring (bicyclic) bond motifs is 1. The maximum Gasteiger partial charge on any atom is 0.282 e. The molecule has 0 fully saturated rings. The van der Waals surface area contributed by atoms with E-state index < -0.39 is 10.8 Å². The van der Waals surface area contributed by atoms with Gasteiger partial charge in [-0.2, -0.15) is 0 Å². The van der Waals surface area contributed by atoms with Gasteiger partial charge in [-0.3, -0.25) is 19.7 Å². The number of non-ortho nitro benzene ring substituents is 1. The van der Waals surface area contributed by atoms with Crippen LogP contribution in [-0.4, -0.2) is 28.2 Å². The number of anilines is 1. The Balaban J connectivity index is 1.63. The minimum absolute atomic E-state index is 0.0688. The summed E-state index contributed by atoms with van der Waals surface area (Å²) in [5, 5.41) is 11.1. The van der Waals surface area contributed by atoms with Crippen molar-refractivity contribution >= 4 is 28.8 Å². The highest BCUT2D eigenvalue weighted by atomic mass is 16.6. The smallest absolute Gasteiger partial charge is 0.282 e. The fourth-order valence-electron chi connectivity index (χ4n) is 4.82. The third-order valence-electron chi connectivity index (χ3n) is 6.34. The van der Waals surface area contributed by atoms with Gasteiger partial charge >= 0.3 is 0 Å². The molecule has 0 saturated carbocycles. The predicted octanol–water partition coefficient (Wildman–Crippen LogP) is 4.55. The van der Waals surface area contributed by atoms with E-state index in [1.165, 1.54) is 22.6 Å². The summed E-state index contributed by atoms with van der Waals surface area (Å²) < 4.78 is 0. The van der Waals surface area contributed by atoms with E-state index in [9.17, 15) is 19.7 Å². The number of amides is 2. The highest BCUT2D eigenvalue weighted by Crippen LogP contribution is 2.37. The maximum atomic E-state index is 13.8. The maximum absolute atomic E-state index is 13.8. The number of nitro groups is 1. The first-order valence-corrected chi connectivity index (χ1v) is 11.1. The fraction of sp³-hybridized carbons (Fsp3) is 0.185. The van der Waals surface area contributed by atoms with Gasteiger partial charge in [0.05, 0.1) is 16.2 Å². The van der Waals surface area contributed by atoms with E-state index in [1.807, 2.05) is 55.1 Å². The van der Waals surface area contributed by atoms with E-state index in [-0.39, 0.29) is 17.2 Å². The van der Waals surface area contributed by atoms with Crippen molar-refractivity contribution in [1.82, 2.24) is 4.90 Å². The molecule has 0 atom stereocenters. The minimum Gasteiger partial charge on any atom is -0.362 e. The Hall–Kier alpha value is -4.26. The van der Waals surface area contributed by atoms with Crippen LogP contribution in [0.4, 0.5) is 11.4 Å². The molecule has 2 aliphatic heterocycles. The Morgan fingerprint density at radius 3 is 2.15 bits per heavy atom. The van der Waals surface area contributed by atoms with E-state index in [4.69, 9.17) is 0 Å². The molecular weight excluding hydrogens is 430 g/mol. The third kappa shape index (κ3) is 3.65. The second-order valence-corrected chi connectivity index (χ2v) is 8.76. The van der Waals surface area contributed by atoms with Crippen LogP contribution in [-0.2, 0) is 22.6 Å². The summed E-state index contributed by atoms with van der Waals surface area (Å²) in [6, 6.07) is 19.5. The number of aryl methyl sites for hydroxylation is 2. The quantitative estimate of drug-likeness (QED) is 0.329. The Morgan fingerprint density at radius 2 is 1.50 bits per heavy atom. The van der Waals surface area contributed by atoms with Crippen LogP contribution in [0.1, 0.15) is 27.8 Å². The Kier molecular flexibility index (Phi) is 5.24. The molecule has 2 amide bonds. The summed E-state index contributed by atoms with van der Waals surface area (Å²) in [4.78, 5) is 41.4. The second kappa shape index (κ2) is 8.26. The summed E-state index contributed by atoms with van der Waals surface area (Å²) in [6.45, 7) is 4.97. The molecule has 170 valence electrons. The van der Waals surface area contributed by atoms with Crippen LogP contribution in [0.25, 0.3) is 5.57 Å². The first-order chi connectivity index (χ1) is 16.3. The standard InChI is InChI=1S/C27H23N3O4/c1-17-13-18(2)15-23(14-17)29-26(31)24(20-7-9-22(10-8-20)30(33)34)25(27(29)32)28-12-11-19-5-3-4-6-21(19)16-28/h3-10,13-15H,11-12,16H2,1-2H3. The average molecular weight is 453 g/mol. The van der Waals surface area contributed by atoms with Crippen LogP contribution in [0, 0.1) is 24.0 Å². The monoisotopic (exact) mass is 453 g/mol. The molecule has 2 heterocycles. The minimum atomic E-state index is -0.482. The van der Waals surface area contributed by atoms with Crippen molar-refractivity contribution in [3.8, 4) is 0 Å². The summed E-state index contributed by atoms with van der Waals surface area (Å²) in [5.74, 6) is -0.791. The topological polar surface area (TPSA) is 83.8 Å². The number of hydrogen-bond acceptors (Lipinski definition) is 5. The number of rotatable bonds is 4. The molecule has 0 aliphatic carbocycles. The van der Waals surface area contributed by atoms with Gasteiger partial charge in [-0.05, 0) is 72.4 Å². The predicted molar refractivity (Wildman–Crippen MR) is 129 cm³/mol. The zero-order valence-corrected chi connectivity index (χ0v) is 18.9. The molecule has 0 aromatic heterocycles. The van der Waals surface area contributed by atoms with Crippen molar-refractivity contribution < 1.29 is 14.5 Å². The van der Waals surface area contributed by atoms with Crippen LogP contribution in [0.2, 0.25) is 0 Å². The van der Waals surface area contributed by atoms with Crippen LogP contribution < -0.4 is 4.90 Å². The van der Waals surface area contributed by atoms with Crippen molar-refractivity contribution in [2.24, 2.45) is 0 Å². The van der Waals surface area contributed by atoms with Crippen molar-refractivity contribution in [3.63, 3.8) is 0 Å². The van der Waals surface area contributed by atoms with Gasteiger partial charge in [-0.25, -0.2) is 4.90 Å². The number of benzene rings is 3.